The minimum absolute atomic E-state index is 0.0469. The minimum atomic E-state index is -1.07. The maximum Gasteiger partial charge on any atom is 0.323 e. The highest BCUT2D eigenvalue weighted by Crippen LogP contribution is 2.47. The van der Waals surface area contributed by atoms with E-state index in [4.69, 9.17) is 18.9 Å². The van der Waals surface area contributed by atoms with Gasteiger partial charge in [0, 0.05) is 20.3 Å². The summed E-state index contributed by atoms with van der Waals surface area (Å²) in [4.78, 5) is 10.3. The van der Waals surface area contributed by atoms with Crippen LogP contribution in [0.3, 0.4) is 0 Å². The Balaban J connectivity index is 3.68. The van der Waals surface area contributed by atoms with Crippen molar-refractivity contribution in [2.75, 3.05) is 28.4 Å². The third-order valence-corrected chi connectivity index (χ3v) is 2.50. The topological polar surface area (TPSA) is 100 Å². The van der Waals surface area contributed by atoms with Crippen molar-refractivity contribution in [1.29, 1.82) is 0 Å². The molecule has 0 unspecified atom stereocenters. The largest absolute Gasteiger partial charge is 0.502 e. The van der Waals surface area contributed by atoms with E-state index in [2.05, 4.69) is 0 Å². The molecular weight excluding hydrogens is 258 g/mol. The Morgan fingerprint density at radius 2 is 1.79 bits per heavy atom. The molecule has 0 saturated carbocycles. The fraction of sp³-hybridized carbons (Fsp3) is 0.455. The van der Waals surface area contributed by atoms with Crippen molar-refractivity contribution < 1.29 is 29.0 Å². The molecule has 0 aliphatic carbocycles. The van der Waals surface area contributed by atoms with Gasteiger partial charge in [-0.05, 0) is 0 Å². The first kappa shape index (κ1) is 15.0. The molecule has 0 spiro atoms. The van der Waals surface area contributed by atoms with Crippen LogP contribution >= 0.6 is 0 Å². The van der Waals surface area contributed by atoms with Gasteiger partial charge in [0.15, 0.2) is 23.5 Å². The van der Waals surface area contributed by atoms with Crippen LogP contribution in [0.4, 0.5) is 5.69 Å². The molecule has 1 N–H and O–H groups in total. The van der Waals surface area contributed by atoms with Crippen molar-refractivity contribution in [1.82, 2.24) is 0 Å². The Bertz CT molecular complexity index is 471. The molecule has 0 aliphatic heterocycles. The molecule has 0 aromatic heterocycles. The van der Waals surface area contributed by atoms with Crippen LogP contribution in [-0.2, 0) is 9.47 Å². The molecule has 1 aromatic rings. The molecule has 106 valence electrons. The van der Waals surface area contributed by atoms with Crippen LogP contribution in [0.15, 0.2) is 6.07 Å². The highest BCUT2D eigenvalue weighted by atomic mass is 16.7. The monoisotopic (exact) mass is 273 g/mol. The van der Waals surface area contributed by atoms with Crippen LogP contribution in [0, 0.1) is 10.1 Å². The van der Waals surface area contributed by atoms with E-state index in [1.165, 1.54) is 28.4 Å². The smallest absolute Gasteiger partial charge is 0.323 e. The van der Waals surface area contributed by atoms with Crippen LogP contribution in [0.1, 0.15) is 11.9 Å². The zero-order valence-corrected chi connectivity index (χ0v) is 11.0. The number of nitro benzene ring substituents is 1. The number of benzene rings is 1. The quantitative estimate of drug-likeness (QED) is 0.477. The number of aromatic hydroxyl groups is 1. The van der Waals surface area contributed by atoms with Crippen molar-refractivity contribution in [2.45, 2.75) is 6.29 Å². The predicted molar refractivity (Wildman–Crippen MR) is 64.6 cm³/mol. The normalized spacial score (nSPS) is 10.6. The molecule has 8 nitrogen and oxygen atoms in total. The number of phenols is 1. The lowest BCUT2D eigenvalue weighted by molar-refractivity contribution is -0.388. The van der Waals surface area contributed by atoms with Crippen molar-refractivity contribution >= 4 is 5.69 Å². The summed E-state index contributed by atoms with van der Waals surface area (Å²) in [7, 11) is 5.30. The minimum Gasteiger partial charge on any atom is -0.502 e. The number of rotatable bonds is 6. The molecule has 0 aliphatic rings. The predicted octanol–water partition coefficient (Wildman–Crippen LogP) is 1.61. The summed E-state index contributed by atoms with van der Waals surface area (Å²) in [6.45, 7) is 0. The molecule has 0 saturated heterocycles. The summed E-state index contributed by atoms with van der Waals surface area (Å²) in [5, 5.41) is 20.8. The molecule has 0 atom stereocenters. The van der Waals surface area contributed by atoms with Crippen LogP contribution < -0.4 is 9.47 Å². The van der Waals surface area contributed by atoms with Gasteiger partial charge in [0.2, 0.25) is 0 Å². The maximum absolute atomic E-state index is 11.1. The summed E-state index contributed by atoms with van der Waals surface area (Å²) >= 11 is 0. The van der Waals surface area contributed by atoms with Crippen molar-refractivity contribution in [3.63, 3.8) is 0 Å². The van der Waals surface area contributed by atoms with Crippen molar-refractivity contribution in [3.8, 4) is 17.2 Å². The van der Waals surface area contributed by atoms with Gasteiger partial charge in [-0.1, -0.05) is 0 Å². The Kier molecular flexibility index (Phi) is 4.90. The number of hydrogen-bond donors (Lipinski definition) is 1. The highest BCUT2D eigenvalue weighted by Gasteiger charge is 2.33. The average Bonchev–Trinajstić information content (AvgIpc) is 2.38. The zero-order valence-electron chi connectivity index (χ0n) is 11.0. The second-order valence-corrected chi connectivity index (χ2v) is 3.45. The molecule has 1 aromatic carbocycles. The van der Waals surface area contributed by atoms with E-state index >= 15 is 0 Å². The van der Waals surface area contributed by atoms with Gasteiger partial charge in [-0.2, -0.15) is 0 Å². The first-order valence-electron chi connectivity index (χ1n) is 5.19. The first-order valence-corrected chi connectivity index (χ1v) is 5.19. The summed E-state index contributed by atoms with van der Waals surface area (Å²) in [6.07, 6.45) is -1.07. The second-order valence-electron chi connectivity index (χ2n) is 3.45. The average molecular weight is 273 g/mol. The molecule has 0 fully saturated rings. The Morgan fingerprint density at radius 1 is 1.21 bits per heavy atom. The number of phenolic OH excluding ortho intramolecular Hbond substituents is 1. The third kappa shape index (κ3) is 2.69. The van der Waals surface area contributed by atoms with Crippen LogP contribution in [0.5, 0.6) is 17.2 Å². The highest BCUT2D eigenvalue weighted by molar-refractivity contribution is 5.65. The Morgan fingerprint density at radius 3 is 2.16 bits per heavy atom. The van der Waals surface area contributed by atoms with E-state index in [1.54, 1.807) is 0 Å². The number of nitro groups is 1. The number of ether oxygens (including phenoxy) is 4. The van der Waals surface area contributed by atoms with Crippen LogP contribution in [-0.4, -0.2) is 38.5 Å². The van der Waals surface area contributed by atoms with E-state index in [0.29, 0.717) is 0 Å². The summed E-state index contributed by atoms with van der Waals surface area (Å²) < 4.78 is 20.1. The molecule has 0 amide bonds. The molecule has 0 heterocycles. The van der Waals surface area contributed by atoms with Gasteiger partial charge in [-0.3, -0.25) is 10.1 Å². The second kappa shape index (κ2) is 6.21. The SMILES string of the molecule is COc1cc(O)c([N+](=O)[O-])c(C(OC)OC)c1OC. The maximum atomic E-state index is 11.1. The third-order valence-electron chi connectivity index (χ3n) is 2.50. The fourth-order valence-corrected chi connectivity index (χ4v) is 1.74. The van der Waals surface area contributed by atoms with E-state index in [9.17, 15) is 15.2 Å². The summed E-state index contributed by atoms with van der Waals surface area (Å²) in [6, 6.07) is 1.10. The van der Waals surface area contributed by atoms with Gasteiger partial charge in [0.05, 0.1) is 19.1 Å². The summed E-state index contributed by atoms with van der Waals surface area (Å²) in [5.41, 5.74) is -0.597. The Hall–Kier alpha value is -2.06. The number of nitrogens with zero attached hydrogens (tertiary/aromatic N) is 1. The van der Waals surface area contributed by atoms with E-state index < -0.39 is 22.7 Å². The zero-order chi connectivity index (χ0) is 14.6. The molecule has 19 heavy (non-hydrogen) atoms. The lowest BCUT2D eigenvalue weighted by Gasteiger charge is -2.19. The van der Waals surface area contributed by atoms with Gasteiger partial charge in [-0.15, -0.1) is 0 Å². The molecular formula is C11H15NO7. The molecule has 8 heteroatoms. The molecule has 0 bridgehead atoms. The molecule has 1 rings (SSSR count). The van der Waals surface area contributed by atoms with Gasteiger partial charge < -0.3 is 24.1 Å². The van der Waals surface area contributed by atoms with Crippen LogP contribution in [0.25, 0.3) is 0 Å². The van der Waals surface area contributed by atoms with Gasteiger partial charge >= 0.3 is 5.69 Å². The van der Waals surface area contributed by atoms with E-state index in [0.717, 1.165) is 6.07 Å². The van der Waals surface area contributed by atoms with Gasteiger partial charge in [0.25, 0.3) is 0 Å². The Labute approximate surface area is 109 Å². The number of methoxy groups -OCH3 is 4. The van der Waals surface area contributed by atoms with Crippen molar-refractivity contribution in [3.05, 3.63) is 21.7 Å². The lowest BCUT2D eigenvalue weighted by atomic mass is 10.1. The van der Waals surface area contributed by atoms with E-state index in [1.807, 2.05) is 0 Å². The van der Waals surface area contributed by atoms with E-state index in [-0.39, 0.29) is 17.1 Å². The number of hydrogen-bond acceptors (Lipinski definition) is 7. The first-order chi connectivity index (χ1) is 9.01. The fourth-order valence-electron chi connectivity index (χ4n) is 1.74. The van der Waals surface area contributed by atoms with Crippen molar-refractivity contribution in [2.24, 2.45) is 0 Å². The molecule has 0 radical (unpaired) electrons. The summed E-state index contributed by atoms with van der Waals surface area (Å²) in [5.74, 6) is -0.350. The van der Waals surface area contributed by atoms with Gasteiger partial charge in [-0.25, -0.2) is 0 Å². The standard InChI is InChI=1S/C11H15NO7/c1-16-7-5-6(13)9(12(14)15)8(10(7)17-2)11(18-3)19-4/h5,11,13H,1-4H3. The lowest BCUT2D eigenvalue weighted by Crippen LogP contribution is -2.10. The van der Waals surface area contributed by atoms with Crippen LogP contribution in [0.2, 0.25) is 0 Å². The van der Waals surface area contributed by atoms with Gasteiger partial charge in [0.1, 0.15) is 5.56 Å².